The molecule has 2 N–H and O–H groups in total. The van der Waals surface area contributed by atoms with Gasteiger partial charge in [0.1, 0.15) is 5.69 Å². The van der Waals surface area contributed by atoms with Crippen molar-refractivity contribution in [1.82, 2.24) is 4.98 Å². The molecule has 0 bridgehead atoms. The van der Waals surface area contributed by atoms with Gasteiger partial charge in [-0.05, 0) is 19.1 Å². The molecule has 0 radical (unpaired) electrons. The van der Waals surface area contributed by atoms with Crippen molar-refractivity contribution >= 4 is 17.6 Å². The van der Waals surface area contributed by atoms with Gasteiger partial charge in [0.25, 0.3) is 11.9 Å². The molecule has 15 heavy (non-hydrogen) atoms. The fraction of sp³-hybridized carbons (Fsp3) is 0.100. The van der Waals surface area contributed by atoms with E-state index in [2.05, 4.69) is 15.2 Å². The van der Waals surface area contributed by atoms with Crippen molar-refractivity contribution in [2.24, 2.45) is 10.2 Å². The summed E-state index contributed by atoms with van der Waals surface area (Å²) in [5.74, 6) is 0.344. The van der Waals surface area contributed by atoms with Crippen molar-refractivity contribution in [3.63, 3.8) is 0 Å². The van der Waals surface area contributed by atoms with Gasteiger partial charge in [-0.2, -0.15) is 4.98 Å². The first kappa shape index (κ1) is 9.39. The van der Waals surface area contributed by atoms with Gasteiger partial charge in [-0.1, -0.05) is 18.2 Å². The van der Waals surface area contributed by atoms with Crippen molar-refractivity contribution in [1.29, 1.82) is 0 Å². The lowest BCUT2D eigenvalue weighted by Gasteiger charge is -1.88. The van der Waals surface area contributed by atoms with Crippen LogP contribution in [-0.4, -0.2) is 4.98 Å². The Balaban J connectivity index is 2.22. The van der Waals surface area contributed by atoms with Crippen LogP contribution in [0, 0.1) is 6.92 Å². The first-order chi connectivity index (χ1) is 7.25. The van der Waals surface area contributed by atoms with Crippen LogP contribution >= 0.6 is 0 Å². The SMILES string of the molecule is Cc1nc(N)oc1N=Nc1ccccc1. The van der Waals surface area contributed by atoms with Crippen LogP contribution in [0.5, 0.6) is 0 Å². The molecule has 1 heterocycles. The van der Waals surface area contributed by atoms with E-state index in [0.29, 0.717) is 11.6 Å². The van der Waals surface area contributed by atoms with Gasteiger partial charge in [0.15, 0.2) is 0 Å². The van der Waals surface area contributed by atoms with E-state index in [1.807, 2.05) is 30.3 Å². The second-order valence-corrected chi connectivity index (χ2v) is 2.98. The van der Waals surface area contributed by atoms with Crippen molar-refractivity contribution in [3.05, 3.63) is 36.0 Å². The molecule has 2 rings (SSSR count). The molecular weight excluding hydrogens is 192 g/mol. The average molecular weight is 202 g/mol. The van der Waals surface area contributed by atoms with Crippen LogP contribution in [0.3, 0.4) is 0 Å². The number of hydrogen-bond donors (Lipinski definition) is 1. The van der Waals surface area contributed by atoms with Gasteiger partial charge in [-0.25, -0.2) is 0 Å². The number of rotatable bonds is 2. The predicted octanol–water partition coefficient (Wildman–Crippen LogP) is 2.98. The van der Waals surface area contributed by atoms with Crippen molar-refractivity contribution in [2.75, 3.05) is 5.73 Å². The Morgan fingerprint density at radius 3 is 2.53 bits per heavy atom. The molecule has 0 aliphatic heterocycles. The molecule has 0 atom stereocenters. The number of aromatic nitrogens is 1. The fourth-order valence-corrected chi connectivity index (χ4v) is 1.10. The Bertz CT molecular complexity index is 475. The Hall–Kier alpha value is -2.17. The number of anilines is 1. The highest BCUT2D eigenvalue weighted by molar-refractivity contribution is 5.38. The van der Waals surface area contributed by atoms with Crippen molar-refractivity contribution in [2.45, 2.75) is 6.92 Å². The molecule has 76 valence electrons. The van der Waals surface area contributed by atoms with E-state index in [9.17, 15) is 0 Å². The van der Waals surface area contributed by atoms with E-state index in [1.54, 1.807) is 6.92 Å². The van der Waals surface area contributed by atoms with Crippen molar-refractivity contribution in [3.8, 4) is 0 Å². The van der Waals surface area contributed by atoms with Crippen LogP contribution in [0.2, 0.25) is 0 Å². The highest BCUT2D eigenvalue weighted by Crippen LogP contribution is 2.23. The number of aryl methyl sites for hydroxylation is 1. The number of hydrogen-bond acceptors (Lipinski definition) is 5. The number of oxazole rings is 1. The summed E-state index contributed by atoms with van der Waals surface area (Å²) in [5.41, 5.74) is 6.76. The molecular formula is C10H10N4O. The molecule has 0 aliphatic carbocycles. The minimum absolute atomic E-state index is 0.106. The van der Waals surface area contributed by atoms with Gasteiger partial charge in [0.05, 0.1) is 5.69 Å². The molecule has 0 amide bonds. The second kappa shape index (κ2) is 3.91. The third-order valence-corrected chi connectivity index (χ3v) is 1.80. The monoisotopic (exact) mass is 202 g/mol. The van der Waals surface area contributed by atoms with Gasteiger partial charge in [-0.3, -0.25) is 0 Å². The summed E-state index contributed by atoms with van der Waals surface area (Å²) in [6.07, 6.45) is 0. The summed E-state index contributed by atoms with van der Waals surface area (Å²) < 4.78 is 5.04. The Labute approximate surface area is 86.7 Å². The van der Waals surface area contributed by atoms with Gasteiger partial charge in [0, 0.05) is 0 Å². The first-order valence-corrected chi connectivity index (χ1v) is 4.45. The highest BCUT2D eigenvalue weighted by atomic mass is 16.4. The quantitative estimate of drug-likeness (QED) is 0.760. The van der Waals surface area contributed by atoms with Crippen molar-refractivity contribution < 1.29 is 4.42 Å². The molecule has 1 aromatic carbocycles. The van der Waals surface area contributed by atoms with E-state index in [4.69, 9.17) is 10.2 Å². The van der Waals surface area contributed by atoms with Crippen LogP contribution < -0.4 is 5.73 Å². The number of nitrogens with zero attached hydrogens (tertiary/aromatic N) is 3. The summed E-state index contributed by atoms with van der Waals surface area (Å²) in [6.45, 7) is 1.76. The largest absolute Gasteiger partial charge is 0.403 e. The first-order valence-electron chi connectivity index (χ1n) is 4.45. The van der Waals surface area contributed by atoms with Crippen LogP contribution in [-0.2, 0) is 0 Å². The van der Waals surface area contributed by atoms with Crippen LogP contribution in [0.15, 0.2) is 45.0 Å². The minimum Gasteiger partial charge on any atom is -0.403 e. The maximum absolute atomic E-state index is 5.37. The van der Waals surface area contributed by atoms with Gasteiger partial charge < -0.3 is 10.2 Å². The predicted molar refractivity (Wildman–Crippen MR) is 56.3 cm³/mol. The van der Waals surface area contributed by atoms with E-state index in [1.165, 1.54) is 0 Å². The van der Waals surface area contributed by atoms with Gasteiger partial charge in [0.2, 0.25) is 0 Å². The normalized spacial score (nSPS) is 11.0. The molecule has 0 unspecified atom stereocenters. The fourth-order valence-electron chi connectivity index (χ4n) is 1.10. The molecule has 0 fully saturated rings. The average Bonchev–Trinajstić information content (AvgIpc) is 2.56. The standard InChI is InChI=1S/C10H10N4O/c1-7-9(15-10(11)12-7)14-13-8-5-3-2-4-6-8/h2-6H,1H3,(H2,11,12). The molecule has 2 aromatic rings. The summed E-state index contributed by atoms with van der Waals surface area (Å²) in [4.78, 5) is 3.88. The number of nitrogens with two attached hydrogens (primary N) is 1. The molecule has 5 nitrogen and oxygen atoms in total. The zero-order valence-corrected chi connectivity index (χ0v) is 8.21. The summed E-state index contributed by atoms with van der Waals surface area (Å²) >= 11 is 0. The van der Waals surface area contributed by atoms with E-state index in [-0.39, 0.29) is 6.01 Å². The lowest BCUT2D eigenvalue weighted by Crippen LogP contribution is -1.81. The van der Waals surface area contributed by atoms with E-state index >= 15 is 0 Å². The highest BCUT2D eigenvalue weighted by Gasteiger charge is 2.04. The zero-order valence-electron chi connectivity index (χ0n) is 8.21. The molecule has 5 heteroatoms. The molecule has 1 aromatic heterocycles. The zero-order chi connectivity index (χ0) is 10.7. The lowest BCUT2D eigenvalue weighted by atomic mass is 10.3. The molecule has 0 saturated carbocycles. The summed E-state index contributed by atoms with van der Waals surface area (Å²) in [7, 11) is 0. The third-order valence-electron chi connectivity index (χ3n) is 1.80. The Kier molecular flexibility index (Phi) is 2.45. The number of azo groups is 1. The van der Waals surface area contributed by atoms with Crippen LogP contribution in [0.25, 0.3) is 0 Å². The molecule has 0 saturated heterocycles. The maximum atomic E-state index is 5.37. The third kappa shape index (κ3) is 2.19. The number of nitrogen functional groups attached to an aromatic ring is 1. The Morgan fingerprint density at radius 2 is 1.93 bits per heavy atom. The van der Waals surface area contributed by atoms with Crippen LogP contribution in [0.1, 0.15) is 5.69 Å². The van der Waals surface area contributed by atoms with E-state index < -0.39 is 0 Å². The molecule has 0 aliphatic rings. The topological polar surface area (TPSA) is 76.8 Å². The summed E-state index contributed by atoms with van der Waals surface area (Å²) in [5, 5.41) is 7.90. The second-order valence-electron chi connectivity index (χ2n) is 2.98. The van der Waals surface area contributed by atoms with E-state index in [0.717, 1.165) is 5.69 Å². The molecule has 0 spiro atoms. The minimum atomic E-state index is 0.106. The van der Waals surface area contributed by atoms with Gasteiger partial charge in [-0.15, -0.1) is 10.2 Å². The number of benzene rings is 1. The maximum Gasteiger partial charge on any atom is 0.294 e. The van der Waals surface area contributed by atoms with Gasteiger partial charge >= 0.3 is 0 Å². The lowest BCUT2D eigenvalue weighted by molar-refractivity contribution is 0.584. The summed E-state index contributed by atoms with van der Waals surface area (Å²) in [6, 6.07) is 9.48. The smallest absolute Gasteiger partial charge is 0.294 e. The Morgan fingerprint density at radius 1 is 1.20 bits per heavy atom. The van der Waals surface area contributed by atoms with Crippen LogP contribution in [0.4, 0.5) is 17.6 Å².